The quantitative estimate of drug-likeness (QED) is 0.130. The number of imide groups is 1. The summed E-state index contributed by atoms with van der Waals surface area (Å²) >= 11 is 0. The third kappa shape index (κ3) is 8.48. The lowest BCUT2D eigenvalue weighted by Gasteiger charge is -2.32. The minimum atomic E-state index is -0.380. The highest BCUT2D eigenvalue weighted by atomic mass is 16.5. The molecule has 0 bridgehead atoms. The molecule has 3 aromatic heterocycles. The summed E-state index contributed by atoms with van der Waals surface area (Å²) in [5, 5.41) is 17.4. The van der Waals surface area contributed by atoms with E-state index in [1.54, 1.807) is 6.20 Å². The van der Waals surface area contributed by atoms with Gasteiger partial charge in [0, 0.05) is 54.0 Å². The van der Waals surface area contributed by atoms with Crippen LogP contribution < -0.4 is 16.0 Å². The predicted octanol–water partition coefficient (Wildman–Crippen LogP) is 6.58. The summed E-state index contributed by atoms with van der Waals surface area (Å²) in [5.41, 5.74) is 9.73. The summed E-state index contributed by atoms with van der Waals surface area (Å²) in [6, 6.07) is 26.8. The number of anilines is 1. The van der Waals surface area contributed by atoms with Crippen LogP contribution in [0.25, 0.3) is 28.2 Å². The van der Waals surface area contributed by atoms with Gasteiger partial charge in [-0.25, -0.2) is 9.50 Å². The second kappa shape index (κ2) is 15.7. The molecule has 0 radical (unpaired) electrons. The number of nitrogens with zero attached hydrogens (tertiary/aromatic N) is 6. The van der Waals surface area contributed by atoms with Crippen LogP contribution in [0.5, 0.6) is 0 Å². The van der Waals surface area contributed by atoms with Crippen LogP contribution in [0.2, 0.25) is 0 Å². The molecule has 0 spiro atoms. The standard InChI is InChI=1S/C44H47N9O4/c1-27-23-32(9-10-33(27)25-46-42(56)40-49-43(57-51-40)44(2,3)4)37-17-20-45-38-24-36(50-53(37)38)31-7-5-28(6-8-31)26-52-21-18-30(19-22-52)29-11-13-34(14-12-29)47-35-15-16-39(54)48-41(35)55/h5-14,17,20,23-24,30,35,47H,15-16,18-19,21-22,25-26H2,1-4H3,(H,46,56)(H,48,54,55). The molecule has 2 fully saturated rings. The summed E-state index contributed by atoms with van der Waals surface area (Å²) in [4.78, 5) is 47.7. The van der Waals surface area contributed by atoms with E-state index < -0.39 is 0 Å². The highest BCUT2D eigenvalue weighted by molar-refractivity contribution is 6.01. The Labute approximate surface area is 331 Å². The molecule has 5 heterocycles. The smallest absolute Gasteiger partial charge is 0.292 e. The fourth-order valence-electron chi connectivity index (χ4n) is 7.53. The summed E-state index contributed by atoms with van der Waals surface area (Å²) in [5.74, 6) is 0.107. The summed E-state index contributed by atoms with van der Waals surface area (Å²) < 4.78 is 7.16. The molecule has 292 valence electrons. The Bertz CT molecular complexity index is 2420. The minimum Gasteiger partial charge on any atom is -0.374 e. The van der Waals surface area contributed by atoms with E-state index in [2.05, 4.69) is 78.4 Å². The predicted molar refractivity (Wildman–Crippen MR) is 216 cm³/mol. The van der Waals surface area contributed by atoms with Crippen LogP contribution in [0.3, 0.4) is 0 Å². The van der Waals surface area contributed by atoms with E-state index in [-0.39, 0.29) is 35.0 Å². The number of hydrogen-bond acceptors (Lipinski definition) is 10. The van der Waals surface area contributed by atoms with E-state index in [9.17, 15) is 14.4 Å². The number of amides is 3. The first-order valence-corrected chi connectivity index (χ1v) is 19.6. The molecule has 13 nitrogen and oxygen atoms in total. The van der Waals surface area contributed by atoms with Gasteiger partial charge in [0.15, 0.2) is 5.65 Å². The van der Waals surface area contributed by atoms with Gasteiger partial charge in [0.2, 0.25) is 17.7 Å². The maximum atomic E-state index is 12.7. The third-order valence-electron chi connectivity index (χ3n) is 10.9. The van der Waals surface area contributed by atoms with Crippen molar-refractivity contribution in [3.8, 4) is 22.5 Å². The van der Waals surface area contributed by atoms with E-state index in [0.29, 0.717) is 31.2 Å². The Morgan fingerprint density at radius 2 is 1.68 bits per heavy atom. The zero-order valence-electron chi connectivity index (χ0n) is 32.7. The van der Waals surface area contributed by atoms with Crippen molar-refractivity contribution in [2.75, 3.05) is 18.4 Å². The van der Waals surface area contributed by atoms with Crippen molar-refractivity contribution in [3.05, 3.63) is 119 Å². The normalized spacial score (nSPS) is 16.8. The molecule has 1 unspecified atom stereocenters. The minimum absolute atomic E-state index is 0.0259. The summed E-state index contributed by atoms with van der Waals surface area (Å²) in [6.07, 6.45) is 4.86. The molecule has 0 aliphatic carbocycles. The lowest BCUT2D eigenvalue weighted by Crippen LogP contribution is -2.47. The average Bonchev–Trinajstić information content (AvgIpc) is 3.89. The number of piperidine rings is 2. The Balaban J connectivity index is 0.858. The molecule has 2 aliphatic rings. The Morgan fingerprint density at radius 1 is 0.930 bits per heavy atom. The van der Waals surface area contributed by atoms with Gasteiger partial charge >= 0.3 is 0 Å². The maximum Gasteiger partial charge on any atom is 0.292 e. The molecule has 3 aromatic carbocycles. The molecule has 3 amide bonds. The number of likely N-dealkylation sites (tertiary alicyclic amines) is 1. The van der Waals surface area contributed by atoms with E-state index >= 15 is 0 Å². The number of carbonyl (C=O) groups excluding carboxylic acids is 3. The van der Waals surface area contributed by atoms with Crippen molar-refractivity contribution in [2.45, 2.75) is 83.8 Å². The number of nitrogens with one attached hydrogen (secondary N) is 3. The van der Waals surface area contributed by atoms with Crippen LogP contribution in [0, 0.1) is 6.92 Å². The third-order valence-corrected chi connectivity index (χ3v) is 10.9. The first-order valence-electron chi connectivity index (χ1n) is 19.6. The van der Waals surface area contributed by atoms with Gasteiger partial charge < -0.3 is 15.2 Å². The van der Waals surface area contributed by atoms with Crippen molar-refractivity contribution >= 4 is 29.1 Å². The first kappa shape index (κ1) is 37.7. The van der Waals surface area contributed by atoms with Crippen LogP contribution in [0.1, 0.15) is 91.1 Å². The molecule has 8 rings (SSSR count). The number of carbonyl (C=O) groups is 3. The molecular weight excluding hydrogens is 719 g/mol. The number of aryl methyl sites for hydroxylation is 1. The van der Waals surface area contributed by atoms with Gasteiger partial charge in [0.05, 0.1) is 11.4 Å². The highest BCUT2D eigenvalue weighted by Gasteiger charge is 2.27. The van der Waals surface area contributed by atoms with Crippen LogP contribution in [0.4, 0.5) is 5.69 Å². The van der Waals surface area contributed by atoms with Crippen molar-refractivity contribution in [2.24, 2.45) is 0 Å². The Kier molecular flexibility index (Phi) is 10.4. The molecular formula is C44H47N9O4. The van der Waals surface area contributed by atoms with E-state index in [0.717, 1.165) is 77.5 Å². The van der Waals surface area contributed by atoms with E-state index in [1.807, 2.05) is 68.6 Å². The van der Waals surface area contributed by atoms with E-state index in [4.69, 9.17) is 9.62 Å². The van der Waals surface area contributed by atoms with Crippen molar-refractivity contribution < 1.29 is 18.9 Å². The fraction of sp³-hybridized carbons (Fsp3) is 0.341. The highest BCUT2D eigenvalue weighted by Crippen LogP contribution is 2.31. The number of aromatic nitrogens is 5. The van der Waals surface area contributed by atoms with Gasteiger partial charge in [-0.05, 0) is 91.7 Å². The van der Waals surface area contributed by atoms with Gasteiger partial charge in [-0.15, -0.1) is 0 Å². The number of fused-ring (bicyclic) bond motifs is 1. The second-order valence-electron chi connectivity index (χ2n) is 16.1. The van der Waals surface area contributed by atoms with Crippen LogP contribution in [-0.2, 0) is 28.1 Å². The number of rotatable bonds is 10. The number of hydrogen-bond donors (Lipinski definition) is 3. The number of benzene rings is 3. The molecule has 6 aromatic rings. The molecule has 1 atom stereocenters. The second-order valence-corrected chi connectivity index (χ2v) is 16.1. The fourth-order valence-corrected chi connectivity index (χ4v) is 7.53. The zero-order chi connectivity index (χ0) is 39.7. The van der Waals surface area contributed by atoms with Crippen molar-refractivity contribution in [3.63, 3.8) is 0 Å². The van der Waals surface area contributed by atoms with Gasteiger partial charge in [-0.2, -0.15) is 10.1 Å². The topological polar surface area (TPSA) is 160 Å². The largest absolute Gasteiger partial charge is 0.374 e. The molecule has 2 saturated heterocycles. The van der Waals surface area contributed by atoms with Crippen molar-refractivity contribution in [1.82, 2.24) is 40.3 Å². The zero-order valence-corrected chi connectivity index (χ0v) is 32.7. The molecule has 0 saturated carbocycles. The maximum absolute atomic E-state index is 12.7. The average molecular weight is 766 g/mol. The van der Waals surface area contributed by atoms with E-state index in [1.165, 1.54) is 11.1 Å². The molecule has 2 aliphatic heterocycles. The van der Waals surface area contributed by atoms with Gasteiger partial charge in [-0.3, -0.25) is 24.6 Å². The first-order chi connectivity index (χ1) is 27.5. The van der Waals surface area contributed by atoms with Gasteiger partial charge in [0.1, 0.15) is 6.04 Å². The molecule has 13 heteroatoms. The van der Waals surface area contributed by atoms with Crippen LogP contribution in [0.15, 0.2) is 89.6 Å². The lowest BCUT2D eigenvalue weighted by molar-refractivity contribution is -0.133. The molecule has 57 heavy (non-hydrogen) atoms. The molecule has 3 N–H and O–H groups in total. The SMILES string of the molecule is Cc1cc(-c2ccnc3cc(-c4ccc(CN5CCC(c6ccc(NC7CCC(=O)NC7=O)cc6)CC5)cc4)nn23)ccc1CNC(=O)c1noc(C(C)(C)C)n1. The van der Waals surface area contributed by atoms with Crippen LogP contribution in [-0.4, -0.2) is 66.5 Å². The van der Waals surface area contributed by atoms with Gasteiger partial charge in [0.25, 0.3) is 11.7 Å². The Morgan fingerprint density at radius 3 is 2.39 bits per heavy atom. The lowest BCUT2D eigenvalue weighted by atomic mass is 9.89. The monoisotopic (exact) mass is 765 g/mol. The van der Waals surface area contributed by atoms with Crippen molar-refractivity contribution in [1.29, 1.82) is 0 Å². The van der Waals surface area contributed by atoms with Crippen LogP contribution >= 0.6 is 0 Å². The summed E-state index contributed by atoms with van der Waals surface area (Å²) in [6.45, 7) is 11.2. The summed E-state index contributed by atoms with van der Waals surface area (Å²) in [7, 11) is 0. The van der Waals surface area contributed by atoms with Gasteiger partial charge in [-0.1, -0.05) is 74.5 Å². The Hall–Kier alpha value is -6.21.